The normalized spacial score (nSPS) is 10.1. The molecule has 1 N–H and O–H groups in total. The number of anilines is 1. The Bertz CT molecular complexity index is 611. The summed E-state index contributed by atoms with van der Waals surface area (Å²) < 4.78 is 4.87. The first-order valence-electron chi connectivity index (χ1n) is 5.51. The number of aromatic nitrogens is 3. The Morgan fingerprint density at radius 3 is 2.72 bits per heavy atom. The van der Waals surface area contributed by atoms with Crippen LogP contribution in [0.1, 0.15) is 28.5 Å². The van der Waals surface area contributed by atoms with Gasteiger partial charge in [-0.3, -0.25) is 0 Å². The third-order valence-corrected chi connectivity index (χ3v) is 2.44. The molecular weight excluding hydrogens is 230 g/mol. The van der Waals surface area contributed by atoms with Gasteiger partial charge in [-0.25, -0.2) is 4.98 Å². The molecule has 0 aliphatic carbocycles. The van der Waals surface area contributed by atoms with Crippen molar-refractivity contribution in [1.29, 1.82) is 5.26 Å². The van der Waals surface area contributed by atoms with E-state index in [2.05, 4.69) is 26.5 Å². The van der Waals surface area contributed by atoms with E-state index in [1.54, 1.807) is 6.92 Å². The highest BCUT2D eigenvalue weighted by Crippen LogP contribution is 2.17. The summed E-state index contributed by atoms with van der Waals surface area (Å²) in [5.74, 6) is 1.61. The van der Waals surface area contributed by atoms with E-state index in [0.29, 0.717) is 29.6 Å². The van der Waals surface area contributed by atoms with Gasteiger partial charge in [0.2, 0.25) is 5.89 Å². The Morgan fingerprint density at radius 2 is 2.11 bits per heavy atom. The number of nitrogens with one attached hydrogen (secondary N) is 1. The zero-order valence-corrected chi connectivity index (χ0v) is 10.5. The number of hydrogen-bond acceptors (Lipinski definition) is 6. The van der Waals surface area contributed by atoms with Gasteiger partial charge in [0.05, 0.1) is 12.1 Å². The van der Waals surface area contributed by atoms with Crippen molar-refractivity contribution in [3.8, 4) is 6.07 Å². The zero-order chi connectivity index (χ0) is 13.1. The average Bonchev–Trinajstić information content (AvgIpc) is 2.72. The Morgan fingerprint density at radius 1 is 1.33 bits per heavy atom. The number of aryl methyl sites for hydroxylation is 3. The smallest absolute Gasteiger partial charge is 0.223 e. The highest BCUT2D eigenvalue weighted by molar-refractivity contribution is 5.56. The zero-order valence-electron chi connectivity index (χ0n) is 10.5. The van der Waals surface area contributed by atoms with E-state index in [9.17, 15) is 0 Å². The maximum Gasteiger partial charge on any atom is 0.223 e. The summed E-state index contributed by atoms with van der Waals surface area (Å²) in [6.07, 6.45) is 0. The minimum atomic E-state index is 0.377. The van der Waals surface area contributed by atoms with Gasteiger partial charge in [0.25, 0.3) is 0 Å². The largest absolute Gasteiger partial charge is 0.362 e. The van der Waals surface area contributed by atoms with E-state index in [1.807, 2.05) is 19.9 Å². The van der Waals surface area contributed by atoms with Gasteiger partial charge in [-0.2, -0.15) is 10.2 Å². The fraction of sp³-hybridized carbons (Fsp3) is 0.333. The third-order valence-electron chi connectivity index (χ3n) is 2.44. The third kappa shape index (κ3) is 2.46. The van der Waals surface area contributed by atoms with E-state index < -0.39 is 0 Å². The molecule has 6 nitrogen and oxygen atoms in total. The van der Waals surface area contributed by atoms with Crippen LogP contribution < -0.4 is 5.32 Å². The Balaban J connectivity index is 2.21. The standard InChI is InChI=1S/C12H13N5O/c1-7-4-8(2)15-12(10(7)5-13)14-6-11-16-9(3)18-17-11/h4H,6H2,1-3H3,(H,14,15). The summed E-state index contributed by atoms with van der Waals surface area (Å²) in [7, 11) is 0. The molecule has 2 rings (SSSR count). The number of pyridine rings is 1. The molecule has 2 heterocycles. The number of rotatable bonds is 3. The second-order valence-electron chi connectivity index (χ2n) is 4.00. The highest BCUT2D eigenvalue weighted by atomic mass is 16.5. The Labute approximate surface area is 105 Å². The van der Waals surface area contributed by atoms with Crippen LogP contribution in [0.25, 0.3) is 0 Å². The van der Waals surface area contributed by atoms with Crippen molar-refractivity contribution >= 4 is 5.82 Å². The second-order valence-corrected chi connectivity index (χ2v) is 4.00. The molecule has 2 aromatic heterocycles. The van der Waals surface area contributed by atoms with Gasteiger partial charge in [0.15, 0.2) is 5.82 Å². The predicted molar refractivity (Wildman–Crippen MR) is 64.8 cm³/mol. The van der Waals surface area contributed by atoms with Gasteiger partial charge in [-0.15, -0.1) is 0 Å². The van der Waals surface area contributed by atoms with Crippen LogP contribution in [-0.4, -0.2) is 15.1 Å². The molecule has 0 aromatic carbocycles. The molecule has 0 unspecified atom stereocenters. The van der Waals surface area contributed by atoms with Gasteiger partial charge >= 0.3 is 0 Å². The van der Waals surface area contributed by atoms with E-state index in [0.717, 1.165) is 11.3 Å². The fourth-order valence-corrected chi connectivity index (χ4v) is 1.68. The Kier molecular flexibility index (Phi) is 3.24. The molecule has 0 fully saturated rings. The molecule has 0 spiro atoms. The topological polar surface area (TPSA) is 87.6 Å². The first-order chi connectivity index (χ1) is 8.60. The van der Waals surface area contributed by atoms with Crippen molar-refractivity contribution in [2.45, 2.75) is 27.3 Å². The lowest BCUT2D eigenvalue weighted by Gasteiger charge is -2.08. The number of nitriles is 1. The van der Waals surface area contributed by atoms with Crippen LogP contribution in [0.2, 0.25) is 0 Å². The van der Waals surface area contributed by atoms with E-state index in [1.165, 1.54) is 0 Å². The molecule has 18 heavy (non-hydrogen) atoms. The average molecular weight is 243 g/mol. The molecule has 0 atom stereocenters. The van der Waals surface area contributed by atoms with Gasteiger partial charge in [0.1, 0.15) is 11.9 Å². The maximum atomic E-state index is 9.11. The lowest BCUT2D eigenvalue weighted by atomic mass is 10.1. The summed E-state index contributed by atoms with van der Waals surface area (Å²) in [6.45, 7) is 5.88. The summed E-state index contributed by atoms with van der Waals surface area (Å²) in [5.41, 5.74) is 2.30. The molecular formula is C12H13N5O. The summed E-state index contributed by atoms with van der Waals surface area (Å²) in [6, 6.07) is 4.02. The van der Waals surface area contributed by atoms with Crippen LogP contribution in [0.15, 0.2) is 10.6 Å². The molecule has 0 bridgehead atoms. The first-order valence-corrected chi connectivity index (χ1v) is 5.51. The van der Waals surface area contributed by atoms with Gasteiger partial charge < -0.3 is 9.84 Å². The lowest BCUT2D eigenvalue weighted by Crippen LogP contribution is -2.06. The summed E-state index contributed by atoms with van der Waals surface area (Å²) in [5, 5.41) is 15.9. The maximum absolute atomic E-state index is 9.11. The van der Waals surface area contributed by atoms with E-state index >= 15 is 0 Å². The van der Waals surface area contributed by atoms with Gasteiger partial charge in [-0.1, -0.05) is 5.16 Å². The summed E-state index contributed by atoms with van der Waals surface area (Å²) in [4.78, 5) is 8.38. The van der Waals surface area contributed by atoms with Crippen molar-refractivity contribution < 1.29 is 4.52 Å². The highest BCUT2D eigenvalue weighted by Gasteiger charge is 2.09. The quantitative estimate of drug-likeness (QED) is 0.885. The lowest BCUT2D eigenvalue weighted by molar-refractivity contribution is 0.388. The predicted octanol–water partition coefficient (Wildman–Crippen LogP) is 1.87. The monoisotopic (exact) mass is 243 g/mol. The van der Waals surface area contributed by atoms with Crippen molar-refractivity contribution in [2.24, 2.45) is 0 Å². The van der Waals surface area contributed by atoms with Crippen LogP contribution in [-0.2, 0) is 6.54 Å². The number of hydrogen-bond donors (Lipinski definition) is 1. The molecule has 92 valence electrons. The van der Waals surface area contributed by atoms with Crippen LogP contribution in [0.5, 0.6) is 0 Å². The van der Waals surface area contributed by atoms with Crippen LogP contribution in [0, 0.1) is 32.1 Å². The minimum absolute atomic E-state index is 0.377. The van der Waals surface area contributed by atoms with Crippen LogP contribution in [0.4, 0.5) is 5.82 Å². The SMILES string of the molecule is Cc1cc(C)c(C#N)c(NCc2noc(C)n2)n1. The molecule has 0 aliphatic heterocycles. The molecule has 0 amide bonds. The van der Waals surface area contributed by atoms with Crippen LogP contribution in [0.3, 0.4) is 0 Å². The minimum Gasteiger partial charge on any atom is -0.362 e. The second kappa shape index (κ2) is 4.84. The molecule has 0 aliphatic rings. The first kappa shape index (κ1) is 12.0. The van der Waals surface area contributed by atoms with Gasteiger partial charge in [0, 0.05) is 12.6 Å². The van der Waals surface area contributed by atoms with Crippen molar-refractivity contribution in [1.82, 2.24) is 15.1 Å². The molecule has 0 saturated carbocycles. The fourth-order valence-electron chi connectivity index (χ4n) is 1.68. The van der Waals surface area contributed by atoms with Gasteiger partial charge in [-0.05, 0) is 25.5 Å². The van der Waals surface area contributed by atoms with E-state index in [-0.39, 0.29) is 0 Å². The van der Waals surface area contributed by atoms with Crippen molar-refractivity contribution in [2.75, 3.05) is 5.32 Å². The van der Waals surface area contributed by atoms with Crippen LogP contribution >= 0.6 is 0 Å². The van der Waals surface area contributed by atoms with Crippen molar-refractivity contribution in [3.63, 3.8) is 0 Å². The molecule has 2 aromatic rings. The molecule has 6 heteroatoms. The summed E-state index contributed by atoms with van der Waals surface area (Å²) >= 11 is 0. The van der Waals surface area contributed by atoms with E-state index in [4.69, 9.17) is 9.78 Å². The molecule has 0 saturated heterocycles. The number of nitrogens with zero attached hydrogens (tertiary/aromatic N) is 4. The molecule has 0 radical (unpaired) electrons. The Hall–Kier alpha value is -2.42. The van der Waals surface area contributed by atoms with Crippen molar-refractivity contribution in [3.05, 3.63) is 34.6 Å².